The Kier molecular flexibility index (Phi) is 4.31. The van der Waals surface area contributed by atoms with Crippen molar-refractivity contribution in [3.63, 3.8) is 0 Å². The van der Waals surface area contributed by atoms with Crippen LogP contribution in [0.2, 0.25) is 0 Å². The van der Waals surface area contributed by atoms with Crippen molar-refractivity contribution < 1.29 is 13.9 Å². The van der Waals surface area contributed by atoms with Crippen LogP contribution >= 0.6 is 15.9 Å². The van der Waals surface area contributed by atoms with E-state index in [1.54, 1.807) is 12.1 Å². The van der Waals surface area contributed by atoms with Gasteiger partial charge in [0.25, 0.3) is 5.91 Å². The fraction of sp³-hybridized carbons (Fsp3) is 0.417. The third-order valence-corrected chi connectivity index (χ3v) is 3.49. The van der Waals surface area contributed by atoms with Gasteiger partial charge in [0.2, 0.25) is 0 Å². The van der Waals surface area contributed by atoms with Crippen molar-refractivity contribution >= 4 is 27.5 Å². The predicted molar refractivity (Wildman–Crippen MR) is 69.7 cm³/mol. The summed E-state index contributed by atoms with van der Waals surface area (Å²) in [6.45, 7) is 0.413. The second-order valence-corrected chi connectivity index (χ2v) is 5.03. The number of nitrogens with two attached hydrogens (primary N) is 1. The normalized spacial score (nSPS) is 23.1. The van der Waals surface area contributed by atoms with E-state index in [1.807, 2.05) is 0 Å². The minimum absolute atomic E-state index is 0.0533. The van der Waals surface area contributed by atoms with Crippen LogP contribution in [0.25, 0.3) is 0 Å². The first-order valence-corrected chi connectivity index (χ1v) is 6.51. The van der Waals surface area contributed by atoms with Crippen LogP contribution in [-0.4, -0.2) is 24.7 Å². The molecule has 2 unspecified atom stereocenters. The van der Waals surface area contributed by atoms with Crippen molar-refractivity contribution in [2.24, 2.45) is 5.73 Å². The van der Waals surface area contributed by atoms with Gasteiger partial charge >= 0.3 is 0 Å². The van der Waals surface area contributed by atoms with Crippen LogP contribution in [0, 0.1) is 5.82 Å². The van der Waals surface area contributed by atoms with Crippen LogP contribution < -0.4 is 11.1 Å². The molecule has 2 rings (SSSR count). The van der Waals surface area contributed by atoms with Gasteiger partial charge in [-0.3, -0.25) is 4.79 Å². The standard InChI is InChI=1S/C12H14BrFN2O2/c13-9-3-1-7(5-10(9)14)16-12(17)11-4-2-8(6-15)18-11/h1,3,5,8,11H,2,4,6,15H2,(H,16,17). The molecule has 1 amide bonds. The van der Waals surface area contributed by atoms with Crippen LogP contribution in [0.4, 0.5) is 10.1 Å². The maximum absolute atomic E-state index is 13.3. The molecule has 98 valence electrons. The van der Waals surface area contributed by atoms with Gasteiger partial charge < -0.3 is 15.8 Å². The number of hydrogen-bond acceptors (Lipinski definition) is 3. The highest BCUT2D eigenvalue weighted by Crippen LogP contribution is 2.22. The molecule has 0 aliphatic carbocycles. The van der Waals surface area contributed by atoms with Crippen molar-refractivity contribution in [2.75, 3.05) is 11.9 Å². The molecule has 1 aromatic rings. The number of rotatable bonds is 3. The maximum atomic E-state index is 13.3. The van der Waals surface area contributed by atoms with E-state index in [2.05, 4.69) is 21.2 Å². The third kappa shape index (κ3) is 3.07. The molecule has 0 radical (unpaired) electrons. The molecule has 4 nitrogen and oxygen atoms in total. The number of amides is 1. The lowest BCUT2D eigenvalue weighted by Gasteiger charge is -2.12. The highest BCUT2D eigenvalue weighted by molar-refractivity contribution is 9.10. The number of hydrogen-bond donors (Lipinski definition) is 2. The van der Waals surface area contributed by atoms with E-state index in [1.165, 1.54) is 6.07 Å². The van der Waals surface area contributed by atoms with E-state index < -0.39 is 11.9 Å². The molecule has 3 N–H and O–H groups in total. The molecule has 1 aliphatic heterocycles. The van der Waals surface area contributed by atoms with Gasteiger partial charge in [-0.25, -0.2) is 4.39 Å². The molecule has 0 saturated carbocycles. The molecule has 1 aromatic carbocycles. The van der Waals surface area contributed by atoms with Crippen LogP contribution in [0.3, 0.4) is 0 Å². The molecule has 0 bridgehead atoms. The van der Waals surface area contributed by atoms with Crippen molar-refractivity contribution in [2.45, 2.75) is 25.0 Å². The number of benzene rings is 1. The van der Waals surface area contributed by atoms with Gasteiger partial charge in [-0.05, 0) is 47.0 Å². The molecular weight excluding hydrogens is 303 g/mol. The zero-order valence-corrected chi connectivity index (χ0v) is 11.2. The first-order valence-electron chi connectivity index (χ1n) is 5.71. The van der Waals surface area contributed by atoms with Crippen LogP contribution in [0.5, 0.6) is 0 Å². The molecule has 1 aliphatic rings. The summed E-state index contributed by atoms with van der Waals surface area (Å²) in [6, 6.07) is 4.43. The summed E-state index contributed by atoms with van der Waals surface area (Å²) < 4.78 is 19.1. The molecule has 0 spiro atoms. The van der Waals surface area contributed by atoms with Crippen molar-refractivity contribution in [3.8, 4) is 0 Å². The average molecular weight is 317 g/mol. The fourth-order valence-corrected chi connectivity index (χ4v) is 2.12. The third-order valence-electron chi connectivity index (χ3n) is 2.85. The number of halogens is 2. The molecule has 0 aromatic heterocycles. The molecule has 1 fully saturated rings. The minimum atomic E-state index is -0.495. The fourth-order valence-electron chi connectivity index (χ4n) is 1.87. The molecule has 1 heterocycles. The highest BCUT2D eigenvalue weighted by Gasteiger charge is 2.29. The minimum Gasteiger partial charge on any atom is -0.364 e. The van der Waals surface area contributed by atoms with E-state index in [-0.39, 0.29) is 12.0 Å². The highest BCUT2D eigenvalue weighted by atomic mass is 79.9. The average Bonchev–Trinajstić information content (AvgIpc) is 2.82. The van der Waals surface area contributed by atoms with Gasteiger partial charge in [-0.2, -0.15) is 0 Å². The summed E-state index contributed by atoms with van der Waals surface area (Å²) in [7, 11) is 0. The molecule has 1 saturated heterocycles. The number of ether oxygens (including phenoxy) is 1. The number of nitrogens with one attached hydrogen (secondary N) is 1. The number of carbonyl (C=O) groups excluding carboxylic acids is 1. The van der Waals surface area contributed by atoms with Crippen LogP contribution in [0.1, 0.15) is 12.8 Å². The van der Waals surface area contributed by atoms with E-state index in [4.69, 9.17) is 10.5 Å². The smallest absolute Gasteiger partial charge is 0.253 e. The summed E-state index contributed by atoms with van der Waals surface area (Å²) in [5.41, 5.74) is 5.89. The van der Waals surface area contributed by atoms with Gasteiger partial charge in [0.15, 0.2) is 0 Å². The Morgan fingerprint density at radius 3 is 2.94 bits per heavy atom. The van der Waals surface area contributed by atoms with E-state index in [0.717, 1.165) is 6.42 Å². The van der Waals surface area contributed by atoms with Crippen LogP contribution in [0.15, 0.2) is 22.7 Å². The summed E-state index contributed by atoms with van der Waals surface area (Å²) in [4.78, 5) is 11.9. The lowest BCUT2D eigenvalue weighted by atomic mass is 10.2. The van der Waals surface area contributed by atoms with E-state index in [9.17, 15) is 9.18 Å². The Morgan fingerprint density at radius 2 is 2.33 bits per heavy atom. The summed E-state index contributed by atoms with van der Waals surface area (Å²) >= 11 is 3.05. The molecule has 2 atom stereocenters. The Hall–Kier alpha value is -0.980. The Balaban J connectivity index is 1.97. The lowest BCUT2D eigenvalue weighted by Crippen LogP contribution is -2.29. The van der Waals surface area contributed by atoms with E-state index >= 15 is 0 Å². The zero-order chi connectivity index (χ0) is 13.1. The number of anilines is 1. The predicted octanol–water partition coefficient (Wildman–Crippen LogP) is 2.03. The Morgan fingerprint density at radius 1 is 1.56 bits per heavy atom. The van der Waals surface area contributed by atoms with Gasteiger partial charge in [0.05, 0.1) is 10.6 Å². The summed E-state index contributed by atoms with van der Waals surface area (Å²) in [5, 5.41) is 2.63. The van der Waals surface area contributed by atoms with Gasteiger partial charge in [-0.15, -0.1) is 0 Å². The molecular formula is C12H14BrFN2O2. The zero-order valence-electron chi connectivity index (χ0n) is 9.66. The first-order chi connectivity index (χ1) is 8.60. The SMILES string of the molecule is NCC1CCC(C(=O)Nc2ccc(Br)c(F)c2)O1. The molecule has 18 heavy (non-hydrogen) atoms. The maximum Gasteiger partial charge on any atom is 0.253 e. The monoisotopic (exact) mass is 316 g/mol. The van der Waals surface area contributed by atoms with E-state index in [0.29, 0.717) is 23.1 Å². The van der Waals surface area contributed by atoms with Gasteiger partial charge in [0.1, 0.15) is 11.9 Å². The van der Waals surface area contributed by atoms with Crippen LogP contribution in [-0.2, 0) is 9.53 Å². The summed E-state index contributed by atoms with van der Waals surface area (Å²) in [6.07, 6.45) is 0.878. The number of carbonyl (C=O) groups is 1. The van der Waals surface area contributed by atoms with Crippen molar-refractivity contribution in [3.05, 3.63) is 28.5 Å². The second kappa shape index (κ2) is 5.77. The van der Waals surface area contributed by atoms with Crippen molar-refractivity contribution in [1.82, 2.24) is 0 Å². The van der Waals surface area contributed by atoms with Gasteiger partial charge in [0, 0.05) is 12.2 Å². The first kappa shape index (κ1) is 13.5. The van der Waals surface area contributed by atoms with Crippen molar-refractivity contribution in [1.29, 1.82) is 0 Å². The lowest BCUT2D eigenvalue weighted by molar-refractivity contribution is -0.126. The van der Waals surface area contributed by atoms with Gasteiger partial charge in [-0.1, -0.05) is 0 Å². The largest absolute Gasteiger partial charge is 0.364 e. The Labute approximate surface area is 113 Å². The topological polar surface area (TPSA) is 64.4 Å². The molecule has 6 heteroatoms. The summed E-state index contributed by atoms with van der Waals surface area (Å²) in [5.74, 6) is -0.673. The second-order valence-electron chi connectivity index (χ2n) is 4.18. The quantitative estimate of drug-likeness (QED) is 0.896. The Bertz CT molecular complexity index is 456.